The van der Waals surface area contributed by atoms with Gasteiger partial charge >= 0.3 is 6.09 Å². The van der Waals surface area contributed by atoms with E-state index in [1.807, 2.05) is 53.4 Å². The van der Waals surface area contributed by atoms with Crippen molar-refractivity contribution in [3.8, 4) is 11.5 Å². The van der Waals surface area contributed by atoms with Crippen molar-refractivity contribution in [3.63, 3.8) is 0 Å². The lowest BCUT2D eigenvalue weighted by atomic mass is 10.1. The van der Waals surface area contributed by atoms with Crippen LogP contribution in [0.5, 0.6) is 11.5 Å². The molecule has 4 rings (SSSR count). The maximum atomic E-state index is 13.3. The van der Waals surface area contributed by atoms with Crippen LogP contribution in [-0.2, 0) is 22.7 Å². The average Bonchev–Trinajstić information content (AvgIpc) is 3.38. The molecule has 2 saturated heterocycles. The topological polar surface area (TPSA) is 71.6 Å². The van der Waals surface area contributed by atoms with Gasteiger partial charge in [0.25, 0.3) is 0 Å². The Bertz CT molecular complexity index is 976. The molecule has 0 bridgehead atoms. The fraction of sp³-hybridized carbons (Fsp3) is 0.462. The predicted molar refractivity (Wildman–Crippen MR) is 128 cm³/mol. The van der Waals surface area contributed by atoms with Crippen LogP contribution in [0.1, 0.15) is 24.0 Å². The third-order valence-corrected chi connectivity index (χ3v) is 6.54. The number of methoxy groups -OCH3 is 2. The van der Waals surface area contributed by atoms with Gasteiger partial charge in [0.05, 0.1) is 14.2 Å². The highest BCUT2D eigenvalue weighted by molar-refractivity contribution is 5.86. The molecule has 0 aromatic heterocycles. The second-order valence-electron chi connectivity index (χ2n) is 8.67. The number of benzene rings is 2. The van der Waals surface area contributed by atoms with Crippen molar-refractivity contribution < 1.29 is 23.8 Å². The van der Waals surface area contributed by atoms with E-state index in [2.05, 4.69) is 4.90 Å². The lowest BCUT2D eigenvalue weighted by Gasteiger charge is -2.37. The Balaban J connectivity index is 1.30. The van der Waals surface area contributed by atoms with Crippen LogP contribution in [0.3, 0.4) is 0 Å². The third-order valence-electron chi connectivity index (χ3n) is 6.54. The molecule has 2 aromatic rings. The number of rotatable bonds is 7. The highest BCUT2D eigenvalue weighted by Crippen LogP contribution is 2.26. The first-order chi connectivity index (χ1) is 16.6. The van der Waals surface area contributed by atoms with Gasteiger partial charge in [-0.2, -0.15) is 0 Å². The van der Waals surface area contributed by atoms with Crippen LogP contribution in [0.25, 0.3) is 0 Å². The molecule has 0 spiro atoms. The molecule has 2 aliphatic heterocycles. The van der Waals surface area contributed by atoms with Gasteiger partial charge in [0.15, 0.2) is 0 Å². The predicted octanol–water partition coefficient (Wildman–Crippen LogP) is 3.15. The molecule has 2 aliphatic rings. The van der Waals surface area contributed by atoms with Gasteiger partial charge in [0.2, 0.25) is 5.91 Å². The molecule has 0 N–H and O–H groups in total. The number of hydrogen-bond donors (Lipinski definition) is 0. The van der Waals surface area contributed by atoms with Crippen LogP contribution in [0.2, 0.25) is 0 Å². The summed E-state index contributed by atoms with van der Waals surface area (Å²) in [7, 11) is 3.32. The Morgan fingerprint density at radius 1 is 0.941 bits per heavy atom. The maximum absolute atomic E-state index is 13.3. The summed E-state index contributed by atoms with van der Waals surface area (Å²) in [6.45, 7) is 4.28. The highest BCUT2D eigenvalue weighted by Gasteiger charge is 2.38. The Hall–Kier alpha value is -3.26. The van der Waals surface area contributed by atoms with Crippen LogP contribution in [0, 0.1) is 0 Å². The summed E-state index contributed by atoms with van der Waals surface area (Å²) >= 11 is 0. The lowest BCUT2D eigenvalue weighted by Crippen LogP contribution is -2.54. The lowest BCUT2D eigenvalue weighted by molar-refractivity contribution is -0.137. The van der Waals surface area contributed by atoms with Gasteiger partial charge in [-0.05, 0) is 36.6 Å². The summed E-state index contributed by atoms with van der Waals surface area (Å²) in [6.07, 6.45) is 1.08. The van der Waals surface area contributed by atoms with Crippen LogP contribution in [0.15, 0.2) is 48.5 Å². The van der Waals surface area contributed by atoms with Crippen LogP contribution in [-0.4, -0.2) is 79.7 Å². The minimum absolute atomic E-state index is 0.0211. The number of ether oxygens (including phenoxy) is 3. The van der Waals surface area contributed by atoms with E-state index in [1.54, 1.807) is 19.1 Å². The minimum atomic E-state index is -0.437. The maximum Gasteiger partial charge on any atom is 0.410 e. The van der Waals surface area contributed by atoms with E-state index in [1.165, 1.54) is 0 Å². The fourth-order valence-corrected chi connectivity index (χ4v) is 4.63. The Morgan fingerprint density at radius 2 is 1.71 bits per heavy atom. The van der Waals surface area contributed by atoms with Gasteiger partial charge in [-0.1, -0.05) is 30.3 Å². The largest absolute Gasteiger partial charge is 0.497 e. The van der Waals surface area contributed by atoms with Gasteiger partial charge in [-0.15, -0.1) is 0 Å². The summed E-state index contributed by atoms with van der Waals surface area (Å²) < 4.78 is 16.3. The molecular formula is C26H33N3O5. The zero-order valence-electron chi connectivity index (χ0n) is 19.9. The van der Waals surface area contributed by atoms with Gasteiger partial charge in [0.1, 0.15) is 24.1 Å². The molecule has 1 atom stereocenters. The number of carbonyl (C=O) groups is 2. The Morgan fingerprint density at radius 3 is 2.41 bits per heavy atom. The Labute approximate surface area is 201 Å². The number of hydrogen-bond acceptors (Lipinski definition) is 6. The van der Waals surface area contributed by atoms with E-state index in [4.69, 9.17) is 14.2 Å². The molecule has 182 valence electrons. The number of piperazine rings is 1. The quantitative estimate of drug-likeness (QED) is 0.623. The van der Waals surface area contributed by atoms with Crippen molar-refractivity contribution in [1.29, 1.82) is 0 Å². The van der Waals surface area contributed by atoms with Crippen molar-refractivity contribution in [2.24, 2.45) is 0 Å². The highest BCUT2D eigenvalue weighted by atomic mass is 16.6. The van der Waals surface area contributed by atoms with Crippen molar-refractivity contribution in [3.05, 3.63) is 59.7 Å². The van der Waals surface area contributed by atoms with E-state index in [0.717, 1.165) is 48.7 Å². The van der Waals surface area contributed by atoms with E-state index >= 15 is 0 Å². The summed E-state index contributed by atoms with van der Waals surface area (Å²) in [5, 5.41) is 0. The van der Waals surface area contributed by atoms with Crippen LogP contribution < -0.4 is 9.47 Å². The molecule has 2 heterocycles. The standard InChI is InChI=1S/C26H33N3O5/c1-32-22-10-11-24(33-2)21(17-22)18-27-13-15-28(16-14-27)25(30)23-9-6-12-29(23)26(31)34-19-20-7-4-3-5-8-20/h3-5,7-8,10-11,17,23H,6,9,12-16,18-19H2,1-2H3/t23-/m1/s1. The number of likely N-dealkylation sites (tertiary alicyclic amines) is 1. The van der Waals surface area contributed by atoms with E-state index in [9.17, 15) is 9.59 Å². The monoisotopic (exact) mass is 467 g/mol. The molecule has 2 aromatic carbocycles. The molecule has 0 saturated carbocycles. The first-order valence-electron chi connectivity index (χ1n) is 11.8. The molecule has 34 heavy (non-hydrogen) atoms. The van der Waals surface area contributed by atoms with Crippen LogP contribution >= 0.6 is 0 Å². The van der Waals surface area contributed by atoms with Gasteiger partial charge < -0.3 is 19.1 Å². The summed E-state index contributed by atoms with van der Waals surface area (Å²) in [5.74, 6) is 1.65. The number of amides is 2. The molecule has 8 heteroatoms. The summed E-state index contributed by atoms with van der Waals surface area (Å²) in [6, 6.07) is 14.9. The van der Waals surface area contributed by atoms with E-state index in [0.29, 0.717) is 26.1 Å². The van der Waals surface area contributed by atoms with Crippen LogP contribution in [0.4, 0.5) is 4.79 Å². The van der Waals surface area contributed by atoms with Gasteiger partial charge in [-0.3, -0.25) is 14.6 Å². The second kappa shape index (κ2) is 11.2. The SMILES string of the molecule is COc1ccc(OC)c(CN2CCN(C(=O)[C@H]3CCCN3C(=O)OCc3ccccc3)CC2)c1. The first kappa shape index (κ1) is 23.9. The smallest absolute Gasteiger partial charge is 0.410 e. The van der Waals surface area contributed by atoms with Crippen molar-refractivity contribution >= 4 is 12.0 Å². The summed E-state index contributed by atoms with van der Waals surface area (Å²) in [5.41, 5.74) is 1.99. The van der Waals surface area contributed by atoms with E-state index < -0.39 is 12.1 Å². The first-order valence-corrected chi connectivity index (χ1v) is 11.8. The van der Waals surface area contributed by atoms with Gasteiger partial charge in [-0.25, -0.2) is 4.79 Å². The molecule has 0 aliphatic carbocycles. The van der Waals surface area contributed by atoms with Crippen molar-refractivity contribution in [1.82, 2.24) is 14.7 Å². The Kier molecular flexibility index (Phi) is 7.90. The number of nitrogens with zero attached hydrogens (tertiary/aromatic N) is 3. The minimum Gasteiger partial charge on any atom is -0.497 e. The molecule has 2 amide bonds. The molecule has 0 unspecified atom stereocenters. The zero-order valence-corrected chi connectivity index (χ0v) is 19.9. The van der Waals surface area contributed by atoms with Crippen molar-refractivity contribution in [2.45, 2.75) is 32.0 Å². The van der Waals surface area contributed by atoms with Crippen molar-refractivity contribution in [2.75, 3.05) is 46.9 Å². The van der Waals surface area contributed by atoms with Gasteiger partial charge in [0, 0.05) is 44.8 Å². The normalized spacial score (nSPS) is 18.6. The third kappa shape index (κ3) is 5.62. The molecular weight excluding hydrogens is 434 g/mol. The molecule has 0 radical (unpaired) electrons. The average molecular weight is 468 g/mol. The van der Waals surface area contributed by atoms with E-state index in [-0.39, 0.29) is 12.5 Å². The molecule has 2 fully saturated rings. The zero-order chi connectivity index (χ0) is 23.9. The second-order valence-corrected chi connectivity index (χ2v) is 8.67. The molecule has 8 nitrogen and oxygen atoms in total. The fourth-order valence-electron chi connectivity index (χ4n) is 4.63. The summed E-state index contributed by atoms with van der Waals surface area (Å²) in [4.78, 5) is 31.7. The number of carbonyl (C=O) groups excluding carboxylic acids is 2.